The van der Waals surface area contributed by atoms with Crippen LogP contribution in [0.1, 0.15) is 28.8 Å². The van der Waals surface area contributed by atoms with Crippen molar-refractivity contribution in [2.75, 3.05) is 12.4 Å². The maximum Gasteiger partial charge on any atom is 0.256 e. The minimum atomic E-state index is -3.68. The van der Waals surface area contributed by atoms with Crippen molar-refractivity contribution in [1.82, 2.24) is 4.72 Å². The molecule has 1 aliphatic carbocycles. The van der Waals surface area contributed by atoms with Crippen LogP contribution in [0.2, 0.25) is 0 Å². The van der Waals surface area contributed by atoms with E-state index in [9.17, 15) is 17.6 Å². The van der Waals surface area contributed by atoms with Gasteiger partial charge in [-0.3, -0.25) is 4.79 Å². The lowest BCUT2D eigenvalue weighted by Gasteiger charge is -2.13. The van der Waals surface area contributed by atoms with Gasteiger partial charge in [0.2, 0.25) is 10.0 Å². The molecule has 0 bridgehead atoms. The Morgan fingerprint density at radius 1 is 1.19 bits per heavy atom. The molecule has 0 atom stereocenters. The summed E-state index contributed by atoms with van der Waals surface area (Å²) >= 11 is 0. The van der Waals surface area contributed by atoms with E-state index in [4.69, 9.17) is 4.74 Å². The molecule has 1 aliphatic rings. The van der Waals surface area contributed by atoms with Crippen LogP contribution in [-0.4, -0.2) is 27.5 Å². The Morgan fingerprint density at radius 2 is 1.92 bits per heavy atom. The minimum Gasteiger partial charge on any atom is -0.495 e. The normalized spacial score (nSPS) is 14.1. The molecule has 0 aromatic heterocycles. The van der Waals surface area contributed by atoms with Gasteiger partial charge in [0.15, 0.2) is 0 Å². The number of hydrogen-bond acceptors (Lipinski definition) is 4. The molecule has 0 radical (unpaired) electrons. The molecule has 1 saturated carbocycles. The van der Waals surface area contributed by atoms with E-state index in [0.29, 0.717) is 11.3 Å². The number of rotatable bonds is 6. The number of anilines is 1. The molecule has 6 nitrogen and oxygen atoms in total. The molecule has 1 fully saturated rings. The van der Waals surface area contributed by atoms with Gasteiger partial charge in [0.25, 0.3) is 5.91 Å². The fourth-order valence-corrected chi connectivity index (χ4v) is 3.80. The quantitative estimate of drug-likeness (QED) is 0.810. The van der Waals surface area contributed by atoms with E-state index in [1.807, 2.05) is 0 Å². The highest BCUT2D eigenvalue weighted by atomic mass is 32.2. The van der Waals surface area contributed by atoms with Gasteiger partial charge in [-0.15, -0.1) is 0 Å². The Morgan fingerprint density at radius 3 is 2.58 bits per heavy atom. The molecule has 3 rings (SSSR count). The zero-order valence-corrected chi connectivity index (χ0v) is 15.2. The van der Waals surface area contributed by atoms with E-state index in [2.05, 4.69) is 10.0 Å². The summed E-state index contributed by atoms with van der Waals surface area (Å²) in [5, 5.41) is 2.60. The Balaban J connectivity index is 1.91. The van der Waals surface area contributed by atoms with Crippen LogP contribution in [0, 0.1) is 12.7 Å². The van der Waals surface area contributed by atoms with Crippen LogP contribution in [0.4, 0.5) is 10.1 Å². The highest BCUT2D eigenvalue weighted by Gasteiger charge is 2.28. The van der Waals surface area contributed by atoms with Crippen molar-refractivity contribution in [2.24, 2.45) is 0 Å². The van der Waals surface area contributed by atoms with Gasteiger partial charge in [0, 0.05) is 11.6 Å². The average molecular weight is 378 g/mol. The minimum absolute atomic E-state index is 0.0245. The van der Waals surface area contributed by atoms with E-state index >= 15 is 0 Å². The number of hydrogen-bond donors (Lipinski definition) is 2. The fraction of sp³-hybridized carbons (Fsp3) is 0.278. The summed E-state index contributed by atoms with van der Waals surface area (Å²) in [6, 6.07) is 8.07. The SMILES string of the molecule is COc1ccc(S(=O)(=O)NC2CC2)cc1NC(=O)c1cc(F)ccc1C. The number of benzene rings is 2. The van der Waals surface area contributed by atoms with Gasteiger partial charge in [-0.25, -0.2) is 17.5 Å². The van der Waals surface area contributed by atoms with Gasteiger partial charge in [0.05, 0.1) is 17.7 Å². The zero-order valence-electron chi connectivity index (χ0n) is 14.4. The number of methoxy groups -OCH3 is 1. The van der Waals surface area contributed by atoms with Crippen molar-refractivity contribution < 1.29 is 22.3 Å². The number of carbonyl (C=O) groups excluding carboxylic acids is 1. The van der Waals surface area contributed by atoms with Gasteiger partial charge in [-0.1, -0.05) is 6.07 Å². The molecule has 1 amide bonds. The molecule has 0 unspecified atom stereocenters. The topological polar surface area (TPSA) is 84.5 Å². The molecule has 0 heterocycles. The summed E-state index contributed by atoms with van der Waals surface area (Å²) in [6.45, 7) is 1.69. The highest BCUT2D eigenvalue weighted by Crippen LogP contribution is 2.29. The van der Waals surface area contributed by atoms with Gasteiger partial charge in [-0.05, 0) is 55.7 Å². The Kier molecular flexibility index (Phi) is 4.97. The van der Waals surface area contributed by atoms with Gasteiger partial charge in [0.1, 0.15) is 11.6 Å². The Hall–Kier alpha value is -2.45. The van der Waals surface area contributed by atoms with Crippen LogP contribution in [0.5, 0.6) is 5.75 Å². The van der Waals surface area contributed by atoms with E-state index in [1.54, 1.807) is 6.92 Å². The average Bonchev–Trinajstić information content (AvgIpc) is 3.40. The van der Waals surface area contributed by atoms with Crippen LogP contribution < -0.4 is 14.8 Å². The predicted molar refractivity (Wildman–Crippen MR) is 95.4 cm³/mol. The first-order valence-electron chi connectivity index (χ1n) is 8.08. The summed E-state index contributed by atoms with van der Waals surface area (Å²) < 4.78 is 46.0. The molecule has 8 heteroatoms. The van der Waals surface area contributed by atoms with Gasteiger partial charge >= 0.3 is 0 Å². The molecule has 26 heavy (non-hydrogen) atoms. The molecule has 0 saturated heterocycles. The van der Waals surface area contributed by atoms with Crippen LogP contribution in [-0.2, 0) is 10.0 Å². The molecular formula is C18H19FN2O4S. The summed E-state index contributed by atoms with van der Waals surface area (Å²) in [7, 11) is -2.26. The fourth-order valence-electron chi connectivity index (χ4n) is 2.47. The molecule has 0 aliphatic heterocycles. The lowest BCUT2D eigenvalue weighted by atomic mass is 10.1. The maximum absolute atomic E-state index is 13.4. The molecule has 138 valence electrons. The smallest absolute Gasteiger partial charge is 0.256 e. The molecule has 2 aromatic carbocycles. The van der Waals surface area contributed by atoms with Crippen molar-refractivity contribution in [2.45, 2.75) is 30.7 Å². The largest absolute Gasteiger partial charge is 0.495 e. The van der Waals surface area contributed by atoms with Crippen molar-refractivity contribution >= 4 is 21.6 Å². The number of halogens is 1. The third-order valence-electron chi connectivity index (χ3n) is 4.07. The molecule has 2 aromatic rings. The summed E-state index contributed by atoms with van der Waals surface area (Å²) in [5.74, 6) is -0.777. The summed E-state index contributed by atoms with van der Waals surface area (Å²) in [6.07, 6.45) is 1.63. The zero-order chi connectivity index (χ0) is 18.9. The predicted octanol–water partition coefficient (Wildman–Crippen LogP) is 2.84. The van der Waals surface area contributed by atoms with Crippen molar-refractivity contribution in [3.05, 3.63) is 53.3 Å². The first kappa shape index (κ1) is 18.3. The van der Waals surface area contributed by atoms with Crippen molar-refractivity contribution in [1.29, 1.82) is 0 Å². The van der Waals surface area contributed by atoms with E-state index in [1.165, 1.54) is 37.4 Å². The third-order valence-corrected chi connectivity index (χ3v) is 5.59. The standard InChI is InChI=1S/C18H19FN2O4S/c1-11-3-4-12(19)9-15(11)18(22)20-16-10-14(7-8-17(16)25-2)26(23,24)21-13-5-6-13/h3-4,7-10,13,21H,5-6H2,1-2H3,(H,20,22). The first-order chi connectivity index (χ1) is 12.3. The molecular weight excluding hydrogens is 359 g/mol. The first-order valence-corrected chi connectivity index (χ1v) is 9.56. The second kappa shape index (κ2) is 7.05. The van der Waals surface area contributed by atoms with Crippen LogP contribution >= 0.6 is 0 Å². The second-order valence-electron chi connectivity index (χ2n) is 6.17. The lowest BCUT2D eigenvalue weighted by molar-refractivity contribution is 0.102. The van der Waals surface area contributed by atoms with Crippen LogP contribution in [0.15, 0.2) is 41.3 Å². The van der Waals surface area contributed by atoms with E-state index in [-0.39, 0.29) is 22.2 Å². The van der Waals surface area contributed by atoms with Gasteiger partial charge < -0.3 is 10.1 Å². The van der Waals surface area contributed by atoms with E-state index in [0.717, 1.165) is 18.9 Å². The maximum atomic E-state index is 13.4. The highest BCUT2D eigenvalue weighted by molar-refractivity contribution is 7.89. The molecule has 2 N–H and O–H groups in total. The lowest BCUT2D eigenvalue weighted by Crippen LogP contribution is -2.26. The van der Waals surface area contributed by atoms with Crippen molar-refractivity contribution in [3.63, 3.8) is 0 Å². The number of sulfonamides is 1. The van der Waals surface area contributed by atoms with Crippen LogP contribution in [0.25, 0.3) is 0 Å². The van der Waals surface area contributed by atoms with Crippen molar-refractivity contribution in [3.8, 4) is 5.75 Å². The Labute approximate surface area is 151 Å². The monoisotopic (exact) mass is 378 g/mol. The van der Waals surface area contributed by atoms with E-state index < -0.39 is 21.7 Å². The number of ether oxygens (including phenoxy) is 1. The number of amides is 1. The summed E-state index contributed by atoms with van der Waals surface area (Å²) in [4.78, 5) is 12.5. The van der Waals surface area contributed by atoms with Crippen LogP contribution in [0.3, 0.4) is 0 Å². The van der Waals surface area contributed by atoms with Gasteiger partial charge in [-0.2, -0.15) is 0 Å². The second-order valence-corrected chi connectivity index (χ2v) is 7.88. The Bertz CT molecular complexity index is 956. The number of aryl methyl sites for hydroxylation is 1. The number of carbonyl (C=O) groups is 1. The number of nitrogens with one attached hydrogen (secondary N) is 2. The molecule has 0 spiro atoms. The third kappa shape index (κ3) is 4.03. The summed E-state index contributed by atoms with van der Waals surface area (Å²) in [5.41, 5.74) is 0.957.